The van der Waals surface area contributed by atoms with E-state index >= 15 is 0 Å². The Morgan fingerprint density at radius 3 is 2.36 bits per heavy atom. The van der Waals surface area contributed by atoms with Crippen LogP contribution in [-0.2, 0) is 30.3 Å². The van der Waals surface area contributed by atoms with E-state index in [-0.39, 0.29) is 12.5 Å². The molecule has 1 heterocycles. The summed E-state index contributed by atoms with van der Waals surface area (Å²) < 4.78 is 8.92. The SMILES string of the molecule is CCc1cccc(-c2ccc(OCC(=O)NC(C(=O)NC(C)C(=O)N3CCCC(C(=O)OCC(Cl)(Cl)Cl)N3)C(C)C)cc2)c1. The molecule has 44 heavy (non-hydrogen) atoms. The Morgan fingerprint density at radius 2 is 1.73 bits per heavy atom. The molecule has 3 atom stereocenters. The number of benzene rings is 2. The second kappa shape index (κ2) is 16.3. The van der Waals surface area contributed by atoms with Crippen LogP contribution in [0.5, 0.6) is 5.75 Å². The van der Waals surface area contributed by atoms with E-state index < -0.39 is 52.2 Å². The molecule has 13 heteroatoms. The summed E-state index contributed by atoms with van der Waals surface area (Å²) in [5.41, 5.74) is 6.20. The molecule has 1 aliphatic heterocycles. The lowest BCUT2D eigenvalue weighted by molar-refractivity contribution is -0.152. The van der Waals surface area contributed by atoms with Gasteiger partial charge in [0.2, 0.25) is 9.70 Å². The lowest BCUT2D eigenvalue weighted by Crippen LogP contribution is -2.61. The van der Waals surface area contributed by atoms with Crippen LogP contribution in [0.1, 0.15) is 46.1 Å². The van der Waals surface area contributed by atoms with Crippen LogP contribution in [0.15, 0.2) is 48.5 Å². The molecule has 1 saturated heterocycles. The van der Waals surface area contributed by atoms with Gasteiger partial charge >= 0.3 is 5.97 Å². The van der Waals surface area contributed by atoms with Crippen molar-refractivity contribution in [1.29, 1.82) is 0 Å². The van der Waals surface area contributed by atoms with Gasteiger partial charge in [0.15, 0.2) is 6.61 Å². The van der Waals surface area contributed by atoms with Gasteiger partial charge in [-0.25, -0.2) is 5.43 Å². The molecule has 0 radical (unpaired) electrons. The highest BCUT2D eigenvalue weighted by Gasteiger charge is 2.34. The van der Waals surface area contributed by atoms with Gasteiger partial charge in [0.05, 0.1) is 0 Å². The van der Waals surface area contributed by atoms with Crippen molar-refractivity contribution in [2.45, 2.75) is 68.9 Å². The van der Waals surface area contributed by atoms with E-state index in [1.54, 1.807) is 26.0 Å². The summed E-state index contributed by atoms with van der Waals surface area (Å²) in [4.78, 5) is 51.2. The monoisotopic (exact) mass is 668 g/mol. The summed E-state index contributed by atoms with van der Waals surface area (Å²) in [6.07, 6.45) is 1.89. The highest BCUT2D eigenvalue weighted by molar-refractivity contribution is 6.67. The van der Waals surface area contributed by atoms with E-state index in [2.05, 4.69) is 35.1 Å². The van der Waals surface area contributed by atoms with E-state index in [1.807, 2.05) is 24.3 Å². The van der Waals surface area contributed by atoms with Crippen LogP contribution < -0.4 is 20.8 Å². The van der Waals surface area contributed by atoms with Gasteiger partial charge in [0.25, 0.3) is 11.8 Å². The number of carbonyl (C=O) groups is 4. The van der Waals surface area contributed by atoms with Gasteiger partial charge in [-0.1, -0.05) is 92.0 Å². The topological polar surface area (TPSA) is 126 Å². The zero-order chi connectivity index (χ0) is 32.4. The third-order valence-corrected chi connectivity index (χ3v) is 7.33. The number of esters is 1. The highest BCUT2D eigenvalue weighted by atomic mass is 35.6. The first kappa shape index (κ1) is 35.4. The molecule has 0 bridgehead atoms. The molecule has 0 spiro atoms. The largest absolute Gasteiger partial charge is 0.484 e. The maximum absolute atomic E-state index is 13.1. The van der Waals surface area contributed by atoms with Crippen molar-refractivity contribution >= 4 is 58.5 Å². The van der Waals surface area contributed by atoms with Crippen LogP contribution in [0.2, 0.25) is 0 Å². The highest BCUT2D eigenvalue weighted by Crippen LogP contribution is 2.26. The van der Waals surface area contributed by atoms with Crippen LogP contribution >= 0.6 is 34.8 Å². The quantitative estimate of drug-likeness (QED) is 0.227. The first-order valence-electron chi connectivity index (χ1n) is 14.5. The fourth-order valence-corrected chi connectivity index (χ4v) is 4.74. The van der Waals surface area contributed by atoms with Gasteiger partial charge in [-0.3, -0.25) is 24.2 Å². The Balaban J connectivity index is 1.50. The summed E-state index contributed by atoms with van der Waals surface area (Å²) >= 11 is 16.9. The van der Waals surface area contributed by atoms with Crippen molar-refractivity contribution < 1.29 is 28.7 Å². The van der Waals surface area contributed by atoms with Gasteiger partial charge in [0.1, 0.15) is 30.5 Å². The van der Waals surface area contributed by atoms with Crippen LogP contribution in [0.3, 0.4) is 0 Å². The van der Waals surface area contributed by atoms with E-state index in [9.17, 15) is 19.2 Å². The Labute approximate surface area is 273 Å². The number of halogens is 3. The molecule has 0 aliphatic carbocycles. The third-order valence-electron chi connectivity index (χ3n) is 7.00. The van der Waals surface area contributed by atoms with Crippen molar-refractivity contribution in [3.8, 4) is 16.9 Å². The minimum Gasteiger partial charge on any atom is -0.484 e. The van der Waals surface area contributed by atoms with Crippen molar-refractivity contribution in [2.75, 3.05) is 19.8 Å². The molecule has 2 aromatic rings. The van der Waals surface area contributed by atoms with Crippen LogP contribution in [0, 0.1) is 5.92 Å². The smallest absolute Gasteiger partial charge is 0.325 e. The Kier molecular flexibility index (Phi) is 13.1. The number of rotatable bonds is 12. The molecule has 3 rings (SSSR count). The number of ether oxygens (including phenoxy) is 2. The lowest BCUT2D eigenvalue weighted by atomic mass is 10.0. The maximum atomic E-state index is 13.1. The van der Waals surface area contributed by atoms with E-state index in [0.717, 1.165) is 17.5 Å². The number of carbonyl (C=O) groups excluding carboxylic acids is 4. The van der Waals surface area contributed by atoms with E-state index in [1.165, 1.54) is 17.5 Å². The number of alkyl halides is 3. The lowest BCUT2D eigenvalue weighted by Gasteiger charge is -2.34. The van der Waals surface area contributed by atoms with Crippen LogP contribution in [0.4, 0.5) is 0 Å². The molecular formula is C31H39Cl3N4O6. The maximum Gasteiger partial charge on any atom is 0.325 e. The number of amides is 3. The van der Waals surface area contributed by atoms with Gasteiger partial charge in [-0.05, 0) is 60.9 Å². The molecule has 3 N–H and O–H groups in total. The molecule has 2 aromatic carbocycles. The molecule has 0 saturated carbocycles. The Morgan fingerprint density at radius 1 is 1.02 bits per heavy atom. The number of hydrogen-bond donors (Lipinski definition) is 3. The standard InChI is InChI=1S/C31H39Cl3N4O6/c1-5-21-8-6-9-23(16-21)22-11-13-24(14-12-22)43-17-26(39)36-27(19(2)3)28(40)35-20(4)29(41)38-15-7-10-25(37-38)30(42)44-18-31(32,33)34/h6,8-9,11-14,16,19-20,25,27,37H,5,7,10,15,17-18H2,1-4H3,(H,35,40)(H,36,39). The number of hydrogen-bond acceptors (Lipinski definition) is 7. The van der Waals surface area contributed by atoms with Gasteiger partial charge in [0, 0.05) is 6.54 Å². The molecule has 1 fully saturated rings. The molecule has 10 nitrogen and oxygen atoms in total. The molecule has 240 valence electrons. The molecular weight excluding hydrogens is 631 g/mol. The van der Waals surface area contributed by atoms with Gasteiger partial charge < -0.3 is 20.1 Å². The summed E-state index contributed by atoms with van der Waals surface area (Å²) in [6.45, 7) is 6.80. The summed E-state index contributed by atoms with van der Waals surface area (Å²) in [6, 6.07) is 13.1. The summed E-state index contributed by atoms with van der Waals surface area (Å²) in [5.74, 6) is -1.88. The molecule has 3 amide bonds. The third kappa shape index (κ3) is 10.8. The zero-order valence-corrected chi connectivity index (χ0v) is 27.5. The number of aryl methyl sites for hydroxylation is 1. The van der Waals surface area contributed by atoms with Crippen LogP contribution in [-0.4, -0.2) is 70.4 Å². The van der Waals surface area contributed by atoms with Gasteiger partial charge in [-0.2, -0.15) is 0 Å². The minimum absolute atomic E-state index is 0.274. The van der Waals surface area contributed by atoms with E-state index in [4.69, 9.17) is 44.3 Å². The number of nitrogens with zero attached hydrogens (tertiary/aromatic N) is 1. The van der Waals surface area contributed by atoms with Crippen molar-refractivity contribution in [3.63, 3.8) is 0 Å². The fraction of sp³-hybridized carbons (Fsp3) is 0.484. The predicted octanol–water partition coefficient (Wildman–Crippen LogP) is 4.35. The second-order valence-electron chi connectivity index (χ2n) is 10.9. The average molecular weight is 670 g/mol. The number of hydrazine groups is 1. The number of nitrogens with one attached hydrogen (secondary N) is 3. The first-order chi connectivity index (χ1) is 20.8. The fourth-order valence-electron chi connectivity index (χ4n) is 4.58. The Hall–Kier alpha value is -3.05. The normalized spacial score (nSPS) is 16.5. The second-order valence-corrected chi connectivity index (χ2v) is 13.4. The molecule has 1 aliphatic rings. The van der Waals surface area contributed by atoms with E-state index in [0.29, 0.717) is 25.1 Å². The summed E-state index contributed by atoms with van der Waals surface area (Å²) in [5, 5.41) is 6.62. The van der Waals surface area contributed by atoms with Crippen molar-refractivity contribution in [2.24, 2.45) is 5.92 Å². The van der Waals surface area contributed by atoms with Crippen LogP contribution in [0.25, 0.3) is 11.1 Å². The van der Waals surface area contributed by atoms with Gasteiger partial charge in [-0.15, -0.1) is 0 Å². The predicted molar refractivity (Wildman–Crippen MR) is 170 cm³/mol. The minimum atomic E-state index is -1.75. The molecule has 3 unspecified atom stereocenters. The zero-order valence-electron chi connectivity index (χ0n) is 25.2. The van der Waals surface area contributed by atoms with Crippen molar-refractivity contribution in [1.82, 2.24) is 21.1 Å². The first-order valence-corrected chi connectivity index (χ1v) is 15.6. The average Bonchev–Trinajstić information content (AvgIpc) is 3.00. The van der Waals surface area contributed by atoms with Crippen molar-refractivity contribution in [3.05, 3.63) is 54.1 Å². The molecule has 0 aromatic heterocycles. The summed E-state index contributed by atoms with van der Waals surface area (Å²) in [7, 11) is 0. The Bertz CT molecular complexity index is 1300.